The largest absolute Gasteiger partial charge is 0.351 e. The van der Waals surface area contributed by atoms with E-state index < -0.39 is 0 Å². The van der Waals surface area contributed by atoms with Crippen LogP contribution in [0.4, 0.5) is 0 Å². The first-order valence-electron chi connectivity index (χ1n) is 7.75. The van der Waals surface area contributed by atoms with E-state index in [9.17, 15) is 9.59 Å². The molecule has 0 atom stereocenters. The summed E-state index contributed by atoms with van der Waals surface area (Å²) in [4.78, 5) is 28.3. The van der Waals surface area contributed by atoms with Crippen LogP contribution in [0.2, 0.25) is 10.0 Å². The van der Waals surface area contributed by atoms with E-state index >= 15 is 0 Å². The number of hydrogen-bond acceptors (Lipinski definition) is 4. The number of ketones is 2. The molecule has 2 aromatic rings. The zero-order chi connectivity index (χ0) is 17.8. The molecule has 0 saturated carbocycles. The highest BCUT2D eigenvalue weighted by Crippen LogP contribution is 2.14. The van der Waals surface area contributed by atoms with Crippen molar-refractivity contribution in [1.29, 1.82) is 0 Å². The van der Waals surface area contributed by atoms with E-state index in [1.54, 1.807) is 48.5 Å². The van der Waals surface area contributed by atoms with Gasteiger partial charge in [0.2, 0.25) is 0 Å². The van der Waals surface area contributed by atoms with E-state index in [1.165, 1.54) is 0 Å². The summed E-state index contributed by atoms with van der Waals surface area (Å²) in [6.07, 6.45) is 3.64. The monoisotopic (exact) mass is 374 g/mol. The van der Waals surface area contributed by atoms with Crippen LogP contribution < -0.4 is 0 Å². The van der Waals surface area contributed by atoms with Crippen LogP contribution in [-0.4, -0.2) is 41.1 Å². The van der Waals surface area contributed by atoms with Gasteiger partial charge in [0, 0.05) is 33.6 Å². The molecule has 2 aromatic carbocycles. The van der Waals surface area contributed by atoms with Crippen LogP contribution in [0.1, 0.15) is 20.7 Å². The van der Waals surface area contributed by atoms with Gasteiger partial charge in [-0.15, -0.1) is 0 Å². The van der Waals surface area contributed by atoms with E-state index in [2.05, 4.69) is 0 Å². The third-order valence-electron chi connectivity index (χ3n) is 3.88. The van der Waals surface area contributed by atoms with Gasteiger partial charge in [-0.3, -0.25) is 9.59 Å². The maximum Gasteiger partial charge on any atom is 0.182 e. The molecule has 0 unspecified atom stereocenters. The van der Waals surface area contributed by atoms with Crippen LogP contribution in [0.3, 0.4) is 0 Å². The number of hydrogen-bond donors (Lipinski definition) is 0. The number of rotatable bonds is 6. The van der Waals surface area contributed by atoms with Gasteiger partial charge in [-0.25, -0.2) is 0 Å². The maximum absolute atomic E-state index is 12.3. The van der Waals surface area contributed by atoms with Gasteiger partial charge in [0.25, 0.3) is 0 Å². The van der Waals surface area contributed by atoms with Crippen molar-refractivity contribution in [3.05, 3.63) is 82.1 Å². The van der Waals surface area contributed by atoms with Crippen LogP contribution in [0.25, 0.3) is 0 Å². The fourth-order valence-electron chi connectivity index (χ4n) is 2.54. The summed E-state index contributed by atoms with van der Waals surface area (Å²) >= 11 is 11.7. The molecule has 4 nitrogen and oxygen atoms in total. The van der Waals surface area contributed by atoms with Crippen molar-refractivity contribution in [3.8, 4) is 0 Å². The van der Waals surface area contributed by atoms with Crippen LogP contribution in [0.15, 0.2) is 60.9 Å². The molecule has 0 amide bonds. The van der Waals surface area contributed by atoms with E-state index in [1.807, 2.05) is 22.2 Å². The first-order valence-corrected chi connectivity index (χ1v) is 8.51. The molecule has 0 aliphatic carbocycles. The highest BCUT2D eigenvalue weighted by atomic mass is 35.5. The van der Waals surface area contributed by atoms with Crippen molar-refractivity contribution < 1.29 is 9.59 Å². The zero-order valence-electron chi connectivity index (χ0n) is 13.4. The number of carbonyl (C=O) groups excluding carboxylic acids is 2. The normalized spacial score (nSPS) is 13.4. The average molecular weight is 375 g/mol. The lowest BCUT2D eigenvalue weighted by atomic mass is 10.1. The highest BCUT2D eigenvalue weighted by Gasteiger charge is 2.18. The fraction of sp³-hybridized carbons (Fsp3) is 0.158. The number of carbonyl (C=O) groups is 2. The Labute approximate surface area is 156 Å². The van der Waals surface area contributed by atoms with Gasteiger partial charge in [0.15, 0.2) is 11.6 Å². The second kappa shape index (κ2) is 7.72. The van der Waals surface area contributed by atoms with Crippen LogP contribution in [-0.2, 0) is 0 Å². The molecule has 128 valence electrons. The molecule has 0 radical (unpaired) electrons. The Morgan fingerprint density at radius 1 is 0.720 bits per heavy atom. The second-order valence-electron chi connectivity index (χ2n) is 5.79. The third kappa shape index (κ3) is 4.62. The van der Waals surface area contributed by atoms with Gasteiger partial charge in [0.1, 0.15) is 0 Å². The molecule has 0 spiro atoms. The quantitative estimate of drug-likeness (QED) is 0.713. The SMILES string of the molecule is O=C(CN1C=CN(CC(=O)c2ccc(Cl)cc2)C1)c1ccc(Cl)cc1. The van der Waals surface area contributed by atoms with Gasteiger partial charge >= 0.3 is 0 Å². The number of Topliss-reactive ketones (excluding diaryl/α,β-unsaturated/α-hetero) is 2. The summed E-state index contributed by atoms with van der Waals surface area (Å²) < 4.78 is 0. The fourth-order valence-corrected chi connectivity index (χ4v) is 2.80. The van der Waals surface area contributed by atoms with Crippen molar-refractivity contribution in [1.82, 2.24) is 9.80 Å². The Bertz CT molecular complexity index is 734. The minimum atomic E-state index is 0.00666. The van der Waals surface area contributed by atoms with E-state index in [4.69, 9.17) is 23.2 Å². The van der Waals surface area contributed by atoms with Crippen LogP contribution in [0.5, 0.6) is 0 Å². The van der Waals surface area contributed by atoms with Crippen molar-refractivity contribution >= 4 is 34.8 Å². The van der Waals surface area contributed by atoms with Crippen LogP contribution in [0, 0.1) is 0 Å². The average Bonchev–Trinajstić information content (AvgIpc) is 3.02. The van der Waals surface area contributed by atoms with Gasteiger partial charge in [0.05, 0.1) is 19.8 Å². The lowest BCUT2D eigenvalue weighted by molar-refractivity contribution is 0.0921. The maximum atomic E-state index is 12.3. The summed E-state index contributed by atoms with van der Waals surface area (Å²) in [5.41, 5.74) is 1.24. The summed E-state index contributed by atoms with van der Waals surface area (Å²) in [5.74, 6) is 0.0133. The number of halogens is 2. The van der Waals surface area contributed by atoms with E-state index in [0.29, 0.717) is 27.8 Å². The molecule has 6 heteroatoms. The standard InChI is InChI=1S/C19H16Cl2N2O2/c20-16-5-1-14(2-6-16)18(24)11-22-9-10-23(13-22)12-19(25)15-3-7-17(21)8-4-15/h1-10H,11-13H2. The number of benzene rings is 2. The molecular formula is C19H16Cl2N2O2. The summed E-state index contributed by atoms with van der Waals surface area (Å²) in [6, 6.07) is 13.7. The Kier molecular flexibility index (Phi) is 5.41. The molecular weight excluding hydrogens is 359 g/mol. The summed E-state index contributed by atoms with van der Waals surface area (Å²) in [7, 11) is 0. The van der Waals surface area contributed by atoms with Gasteiger partial charge in [-0.1, -0.05) is 23.2 Å². The van der Waals surface area contributed by atoms with Gasteiger partial charge in [-0.05, 0) is 48.5 Å². The molecule has 25 heavy (non-hydrogen) atoms. The predicted molar refractivity (Wildman–Crippen MR) is 99.0 cm³/mol. The minimum absolute atomic E-state index is 0.00666. The van der Waals surface area contributed by atoms with Crippen molar-refractivity contribution in [3.63, 3.8) is 0 Å². The van der Waals surface area contributed by atoms with Gasteiger partial charge in [-0.2, -0.15) is 0 Å². The Morgan fingerprint density at radius 3 is 1.44 bits per heavy atom. The first kappa shape index (κ1) is 17.5. The minimum Gasteiger partial charge on any atom is -0.351 e. The van der Waals surface area contributed by atoms with Crippen molar-refractivity contribution in [2.45, 2.75) is 0 Å². The molecule has 0 fully saturated rings. The molecule has 0 N–H and O–H groups in total. The lowest BCUT2D eigenvalue weighted by Gasteiger charge is -2.20. The highest BCUT2D eigenvalue weighted by molar-refractivity contribution is 6.31. The number of nitrogens with zero attached hydrogens (tertiary/aromatic N) is 2. The molecule has 1 aliphatic rings. The molecule has 1 heterocycles. The van der Waals surface area contributed by atoms with Gasteiger partial charge < -0.3 is 9.80 Å². The van der Waals surface area contributed by atoms with Crippen LogP contribution >= 0.6 is 23.2 Å². The molecule has 0 saturated heterocycles. The molecule has 3 rings (SSSR count). The molecule has 1 aliphatic heterocycles. The summed E-state index contributed by atoms with van der Waals surface area (Å²) in [5, 5.41) is 1.20. The van der Waals surface area contributed by atoms with E-state index in [-0.39, 0.29) is 24.7 Å². The Balaban J connectivity index is 1.52. The second-order valence-corrected chi connectivity index (χ2v) is 6.67. The third-order valence-corrected chi connectivity index (χ3v) is 4.38. The van der Waals surface area contributed by atoms with E-state index in [0.717, 1.165) is 0 Å². The Hall–Kier alpha value is -2.30. The molecule has 0 aromatic heterocycles. The topological polar surface area (TPSA) is 40.6 Å². The smallest absolute Gasteiger partial charge is 0.182 e. The Morgan fingerprint density at radius 2 is 1.08 bits per heavy atom. The zero-order valence-corrected chi connectivity index (χ0v) is 14.9. The lowest BCUT2D eigenvalue weighted by Crippen LogP contribution is -2.32. The predicted octanol–water partition coefficient (Wildman–Crippen LogP) is 4.11. The van der Waals surface area contributed by atoms with Crippen molar-refractivity contribution in [2.24, 2.45) is 0 Å². The first-order chi connectivity index (χ1) is 12.0. The summed E-state index contributed by atoms with van der Waals surface area (Å²) in [6.45, 7) is 1.01. The van der Waals surface area contributed by atoms with Crippen molar-refractivity contribution in [2.75, 3.05) is 19.8 Å². The molecule has 0 bridgehead atoms.